The largest absolute Gasteiger partial charge is 0.481 e. The molecule has 3 N–H and O–H groups in total. The number of benzene rings is 1. The first-order valence-electron chi connectivity index (χ1n) is 5.80. The van der Waals surface area contributed by atoms with Crippen LogP contribution in [0.1, 0.15) is 42.9 Å². The first kappa shape index (κ1) is 13.7. The van der Waals surface area contributed by atoms with Gasteiger partial charge in [-0.2, -0.15) is 0 Å². The molecule has 94 valence electrons. The molecule has 0 bridgehead atoms. The zero-order chi connectivity index (χ0) is 13.2. The van der Waals surface area contributed by atoms with E-state index in [0.717, 1.165) is 16.7 Å². The van der Waals surface area contributed by atoms with Crippen LogP contribution in [0.4, 0.5) is 0 Å². The molecular weight excluding hydrogens is 214 g/mol. The van der Waals surface area contributed by atoms with Gasteiger partial charge in [0.25, 0.3) is 0 Å². The Morgan fingerprint density at radius 2 is 1.82 bits per heavy atom. The van der Waals surface area contributed by atoms with E-state index in [1.54, 1.807) is 0 Å². The summed E-state index contributed by atoms with van der Waals surface area (Å²) in [5, 5.41) is 9.03. The van der Waals surface area contributed by atoms with Gasteiger partial charge in [-0.15, -0.1) is 0 Å². The fourth-order valence-corrected chi connectivity index (χ4v) is 2.29. The van der Waals surface area contributed by atoms with Crippen LogP contribution in [0.25, 0.3) is 0 Å². The Hall–Kier alpha value is -1.35. The van der Waals surface area contributed by atoms with Gasteiger partial charge in [-0.3, -0.25) is 4.79 Å². The van der Waals surface area contributed by atoms with Gasteiger partial charge >= 0.3 is 5.97 Å². The Bertz CT molecular complexity index is 398. The fraction of sp³-hybridized carbons (Fsp3) is 0.500. The fourth-order valence-electron chi connectivity index (χ4n) is 2.29. The van der Waals surface area contributed by atoms with Crippen molar-refractivity contribution in [2.24, 2.45) is 5.73 Å². The second-order valence-electron chi connectivity index (χ2n) is 5.28. The summed E-state index contributed by atoms with van der Waals surface area (Å²) in [4.78, 5) is 11.0. The highest BCUT2D eigenvalue weighted by Crippen LogP contribution is 2.33. The molecule has 3 nitrogen and oxygen atoms in total. The summed E-state index contributed by atoms with van der Waals surface area (Å²) >= 11 is 0. The van der Waals surface area contributed by atoms with Crippen LogP contribution < -0.4 is 5.73 Å². The average molecular weight is 235 g/mol. The molecule has 0 amide bonds. The van der Waals surface area contributed by atoms with Crippen molar-refractivity contribution in [1.29, 1.82) is 0 Å². The predicted octanol–water partition coefficient (Wildman–Crippen LogP) is 2.60. The van der Waals surface area contributed by atoms with Gasteiger partial charge in [0.15, 0.2) is 0 Å². The number of rotatable bonds is 4. The van der Waals surface area contributed by atoms with Crippen molar-refractivity contribution in [3.05, 3.63) is 34.9 Å². The van der Waals surface area contributed by atoms with Gasteiger partial charge in [-0.25, -0.2) is 0 Å². The summed E-state index contributed by atoms with van der Waals surface area (Å²) in [6.07, 6.45) is 0.0647. The number of nitrogens with two attached hydrogens (primary N) is 1. The van der Waals surface area contributed by atoms with E-state index in [-0.39, 0.29) is 12.3 Å². The Labute approximate surface area is 103 Å². The van der Waals surface area contributed by atoms with Crippen LogP contribution >= 0.6 is 0 Å². The second kappa shape index (κ2) is 4.88. The molecule has 1 aromatic carbocycles. The lowest BCUT2D eigenvalue weighted by atomic mass is 9.77. The van der Waals surface area contributed by atoms with Crippen molar-refractivity contribution < 1.29 is 9.90 Å². The van der Waals surface area contributed by atoms with Crippen LogP contribution in [-0.4, -0.2) is 16.6 Å². The lowest BCUT2D eigenvalue weighted by molar-refractivity contribution is -0.137. The minimum absolute atomic E-state index is 0.0647. The molecule has 3 heteroatoms. The van der Waals surface area contributed by atoms with Crippen LogP contribution in [0.2, 0.25) is 0 Å². The molecule has 0 aliphatic heterocycles. The molecule has 1 rings (SSSR count). The van der Waals surface area contributed by atoms with Crippen LogP contribution in [0.15, 0.2) is 18.2 Å². The van der Waals surface area contributed by atoms with E-state index in [2.05, 4.69) is 0 Å². The molecule has 0 aromatic heterocycles. The third-order valence-electron chi connectivity index (χ3n) is 3.17. The lowest BCUT2D eigenvalue weighted by Crippen LogP contribution is -2.41. The normalized spacial score (nSPS) is 13.5. The minimum atomic E-state index is -0.809. The number of aryl methyl sites for hydroxylation is 2. The van der Waals surface area contributed by atoms with Gasteiger partial charge < -0.3 is 10.8 Å². The lowest BCUT2D eigenvalue weighted by Gasteiger charge is -2.32. The number of hydrogen-bond acceptors (Lipinski definition) is 2. The topological polar surface area (TPSA) is 63.3 Å². The van der Waals surface area contributed by atoms with E-state index < -0.39 is 11.5 Å². The maximum Gasteiger partial charge on any atom is 0.304 e. The van der Waals surface area contributed by atoms with E-state index >= 15 is 0 Å². The molecule has 0 aliphatic carbocycles. The van der Waals surface area contributed by atoms with E-state index in [9.17, 15) is 4.79 Å². The highest BCUT2D eigenvalue weighted by molar-refractivity contribution is 5.68. The smallest absolute Gasteiger partial charge is 0.304 e. The highest BCUT2D eigenvalue weighted by atomic mass is 16.4. The molecule has 0 spiro atoms. The molecule has 17 heavy (non-hydrogen) atoms. The van der Waals surface area contributed by atoms with Crippen LogP contribution in [0.5, 0.6) is 0 Å². The van der Waals surface area contributed by atoms with Crippen LogP contribution in [-0.2, 0) is 4.79 Å². The first-order chi connectivity index (χ1) is 7.73. The maximum atomic E-state index is 11.0. The van der Waals surface area contributed by atoms with Gasteiger partial charge in [0.2, 0.25) is 0 Å². The van der Waals surface area contributed by atoms with Crippen molar-refractivity contribution in [3.63, 3.8) is 0 Å². The summed E-state index contributed by atoms with van der Waals surface area (Å²) in [5.74, 6) is -0.975. The third-order valence-corrected chi connectivity index (χ3v) is 3.17. The molecular formula is C14H21NO2. The van der Waals surface area contributed by atoms with Crippen molar-refractivity contribution in [3.8, 4) is 0 Å². The number of carboxylic acid groups (broad SMARTS) is 1. The van der Waals surface area contributed by atoms with Gasteiger partial charge in [0.05, 0.1) is 6.42 Å². The number of carboxylic acids is 1. The van der Waals surface area contributed by atoms with E-state index in [1.165, 1.54) is 0 Å². The minimum Gasteiger partial charge on any atom is -0.481 e. The second-order valence-corrected chi connectivity index (χ2v) is 5.28. The standard InChI is InChI=1S/C14H21NO2/c1-9-6-5-7-10(2)13(9)11(8-12(16)17)14(3,4)15/h5-7,11H,8,15H2,1-4H3,(H,16,17). The molecule has 0 saturated carbocycles. The van der Waals surface area contributed by atoms with Gasteiger partial charge in [0, 0.05) is 11.5 Å². The van der Waals surface area contributed by atoms with E-state index in [0.29, 0.717) is 0 Å². The summed E-state index contributed by atoms with van der Waals surface area (Å²) in [7, 11) is 0. The maximum absolute atomic E-state index is 11.0. The van der Waals surface area contributed by atoms with Crippen LogP contribution in [0, 0.1) is 13.8 Å². The third kappa shape index (κ3) is 3.30. The molecule has 1 atom stereocenters. The first-order valence-corrected chi connectivity index (χ1v) is 5.80. The number of carbonyl (C=O) groups is 1. The van der Waals surface area contributed by atoms with Crippen molar-refractivity contribution in [2.45, 2.75) is 45.6 Å². The molecule has 1 unspecified atom stereocenters. The van der Waals surface area contributed by atoms with Gasteiger partial charge in [-0.1, -0.05) is 18.2 Å². The van der Waals surface area contributed by atoms with E-state index in [4.69, 9.17) is 10.8 Å². The van der Waals surface area contributed by atoms with Gasteiger partial charge in [-0.05, 0) is 44.4 Å². The predicted molar refractivity (Wildman–Crippen MR) is 69.2 cm³/mol. The van der Waals surface area contributed by atoms with Crippen molar-refractivity contribution in [2.75, 3.05) is 0 Å². The molecule has 0 fully saturated rings. The SMILES string of the molecule is Cc1cccc(C)c1C(CC(=O)O)C(C)(C)N. The summed E-state index contributed by atoms with van der Waals surface area (Å²) in [6.45, 7) is 7.77. The Balaban J connectivity index is 3.27. The molecule has 0 radical (unpaired) electrons. The quantitative estimate of drug-likeness (QED) is 0.843. The Kier molecular flexibility index (Phi) is 3.94. The zero-order valence-corrected chi connectivity index (χ0v) is 10.9. The van der Waals surface area contributed by atoms with Crippen LogP contribution in [0.3, 0.4) is 0 Å². The molecule has 0 saturated heterocycles. The van der Waals surface area contributed by atoms with E-state index in [1.807, 2.05) is 45.9 Å². The number of hydrogen-bond donors (Lipinski definition) is 2. The number of aliphatic carboxylic acids is 1. The molecule has 0 aliphatic rings. The summed E-state index contributed by atoms with van der Waals surface area (Å²) in [5.41, 5.74) is 8.87. The van der Waals surface area contributed by atoms with Crippen molar-refractivity contribution >= 4 is 5.97 Å². The monoisotopic (exact) mass is 235 g/mol. The summed E-state index contributed by atoms with van der Waals surface area (Å²) < 4.78 is 0. The Morgan fingerprint density at radius 3 is 2.18 bits per heavy atom. The molecule has 1 aromatic rings. The zero-order valence-electron chi connectivity index (χ0n) is 10.9. The van der Waals surface area contributed by atoms with Gasteiger partial charge in [0.1, 0.15) is 0 Å². The Morgan fingerprint density at radius 1 is 1.35 bits per heavy atom. The highest BCUT2D eigenvalue weighted by Gasteiger charge is 2.30. The van der Waals surface area contributed by atoms with Crippen molar-refractivity contribution in [1.82, 2.24) is 0 Å². The average Bonchev–Trinajstić information content (AvgIpc) is 2.13. The molecule has 0 heterocycles. The summed E-state index contributed by atoms with van der Waals surface area (Å²) in [6, 6.07) is 5.99.